The molecule has 1 aliphatic rings. The highest BCUT2D eigenvalue weighted by atomic mass is 16.5. The minimum Gasteiger partial charge on any atom is -0.469 e. The lowest BCUT2D eigenvalue weighted by atomic mass is 10.3. The van der Waals surface area contributed by atoms with Gasteiger partial charge in [0.05, 0.1) is 7.11 Å². The lowest BCUT2D eigenvalue weighted by Crippen LogP contribution is -2.34. The van der Waals surface area contributed by atoms with E-state index in [2.05, 4.69) is 15.4 Å². The van der Waals surface area contributed by atoms with E-state index in [0.29, 0.717) is 6.04 Å². The standard InChI is InChI=1S/C6H12N2O.C3H6O2.2C2H6/c1-5(9)8-6-2-3-7-4-6;1-3(4)5-2;2*1-2/h6-7H,2-4H2,1H3,(H,8,9);1-2H3;2*1-2H3. The van der Waals surface area contributed by atoms with Crippen molar-refractivity contribution in [3.05, 3.63) is 0 Å². The van der Waals surface area contributed by atoms with Gasteiger partial charge in [0.15, 0.2) is 0 Å². The number of esters is 1. The van der Waals surface area contributed by atoms with Gasteiger partial charge in [0.1, 0.15) is 0 Å². The minimum absolute atomic E-state index is 0.0729. The Morgan fingerprint density at radius 3 is 1.83 bits per heavy atom. The van der Waals surface area contributed by atoms with Gasteiger partial charge < -0.3 is 15.4 Å². The summed E-state index contributed by atoms with van der Waals surface area (Å²) < 4.78 is 4.11. The fourth-order valence-electron chi connectivity index (χ4n) is 1.07. The van der Waals surface area contributed by atoms with Crippen molar-refractivity contribution in [2.24, 2.45) is 0 Å². The van der Waals surface area contributed by atoms with Crippen molar-refractivity contribution < 1.29 is 14.3 Å². The SMILES string of the molecule is CC.CC.CC(=O)NC1CCNC1.COC(C)=O. The molecule has 18 heavy (non-hydrogen) atoms. The minimum atomic E-state index is -0.245. The molecule has 0 aliphatic carbocycles. The molecule has 0 aromatic heterocycles. The first-order chi connectivity index (χ1) is 8.56. The zero-order chi connectivity index (χ0) is 15.0. The molecule has 2 N–H and O–H groups in total. The lowest BCUT2D eigenvalue weighted by molar-refractivity contribution is -0.137. The van der Waals surface area contributed by atoms with Crippen molar-refractivity contribution in [3.8, 4) is 0 Å². The topological polar surface area (TPSA) is 67.4 Å². The molecule has 0 spiro atoms. The predicted molar refractivity (Wildman–Crippen MR) is 75.5 cm³/mol. The number of nitrogens with one attached hydrogen (secondary N) is 2. The molecule has 110 valence electrons. The van der Waals surface area contributed by atoms with E-state index in [1.807, 2.05) is 27.7 Å². The first kappa shape index (κ1) is 22.1. The van der Waals surface area contributed by atoms with E-state index in [1.54, 1.807) is 6.92 Å². The van der Waals surface area contributed by atoms with E-state index in [4.69, 9.17) is 0 Å². The normalized spacial score (nSPS) is 15.6. The molecular formula is C13H30N2O3. The second-order valence-electron chi connectivity index (χ2n) is 3.09. The van der Waals surface area contributed by atoms with Crippen LogP contribution in [0.2, 0.25) is 0 Å². The number of ether oxygens (including phenoxy) is 1. The molecule has 5 heteroatoms. The van der Waals surface area contributed by atoms with Crippen molar-refractivity contribution in [3.63, 3.8) is 0 Å². The Hall–Kier alpha value is -1.10. The van der Waals surface area contributed by atoms with E-state index < -0.39 is 0 Å². The third kappa shape index (κ3) is 20.3. The average Bonchev–Trinajstić information content (AvgIpc) is 2.87. The Morgan fingerprint density at radius 1 is 1.17 bits per heavy atom. The summed E-state index contributed by atoms with van der Waals surface area (Å²) in [4.78, 5) is 20.1. The van der Waals surface area contributed by atoms with Gasteiger partial charge in [-0.3, -0.25) is 9.59 Å². The predicted octanol–water partition coefficient (Wildman–Crippen LogP) is 1.72. The molecule has 1 heterocycles. The van der Waals surface area contributed by atoms with Crippen LogP contribution >= 0.6 is 0 Å². The van der Waals surface area contributed by atoms with Crippen LogP contribution in [0.15, 0.2) is 0 Å². The molecule has 0 bridgehead atoms. The number of rotatable bonds is 1. The quantitative estimate of drug-likeness (QED) is 0.706. The molecule has 1 fully saturated rings. The second kappa shape index (κ2) is 18.3. The number of hydrogen-bond acceptors (Lipinski definition) is 4. The second-order valence-corrected chi connectivity index (χ2v) is 3.09. The van der Waals surface area contributed by atoms with Crippen LogP contribution in [0.25, 0.3) is 0 Å². The van der Waals surface area contributed by atoms with Gasteiger partial charge in [0.2, 0.25) is 5.91 Å². The maximum atomic E-state index is 10.5. The molecule has 0 aromatic carbocycles. The van der Waals surface area contributed by atoms with Crippen molar-refractivity contribution >= 4 is 11.9 Å². The van der Waals surface area contributed by atoms with Crippen LogP contribution in [0, 0.1) is 0 Å². The Balaban J connectivity index is -0.000000215. The van der Waals surface area contributed by atoms with Gasteiger partial charge in [-0.1, -0.05) is 27.7 Å². The van der Waals surface area contributed by atoms with Crippen LogP contribution in [0.5, 0.6) is 0 Å². The van der Waals surface area contributed by atoms with E-state index in [-0.39, 0.29) is 11.9 Å². The maximum absolute atomic E-state index is 10.5. The van der Waals surface area contributed by atoms with Gasteiger partial charge >= 0.3 is 5.97 Å². The average molecular weight is 262 g/mol. The van der Waals surface area contributed by atoms with Gasteiger partial charge in [-0.05, 0) is 13.0 Å². The molecule has 1 amide bonds. The highest BCUT2D eigenvalue weighted by Gasteiger charge is 2.13. The third-order valence-electron chi connectivity index (χ3n) is 1.76. The summed E-state index contributed by atoms with van der Waals surface area (Å²) in [6.45, 7) is 12.9. The van der Waals surface area contributed by atoms with E-state index in [1.165, 1.54) is 14.0 Å². The number of carbonyl (C=O) groups is 2. The van der Waals surface area contributed by atoms with Crippen LogP contribution in [0.4, 0.5) is 0 Å². The Kier molecular flexibility index (Phi) is 22.4. The molecule has 0 saturated carbocycles. The third-order valence-corrected chi connectivity index (χ3v) is 1.76. The summed E-state index contributed by atoms with van der Waals surface area (Å²) in [5, 5.41) is 6.00. The van der Waals surface area contributed by atoms with Gasteiger partial charge in [-0.2, -0.15) is 0 Å². The van der Waals surface area contributed by atoms with E-state index >= 15 is 0 Å². The zero-order valence-electron chi connectivity index (χ0n) is 12.9. The first-order valence-electron chi connectivity index (χ1n) is 6.58. The smallest absolute Gasteiger partial charge is 0.302 e. The van der Waals surface area contributed by atoms with Gasteiger partial charge in [0.25, 0.3) is 0 Å². The van der Waals surface area contributed by atoms with Gasteiger partial charge in [0, 0.05) is 26.4 Å². The number of methoxy groups -OCH3 is 1. The largest absolute Gasteiger partial charge is 0.469 e. The molecule has 0 radical (unpaired) electrons. The Bertz CT molecular complexity index is 191. The molecule has 0 aromatic rings. The van der Waals surface area contributed by atoms with Crippen LogP contribution in [-0.4, -0.2) is 38.1 Å². The summed E-state index contributed by atoms with van der Waals surface area (Å²) in [7, 11) is 1.35. The molecule has 1 rings (SSSR count). The summed E-state index contributed by atoms with van der Waals surface area (Å²) in [6.07, 6.45) is 1.07. The monoisotopic (exact) mass is 262 g/mol. The van der Waals surface area contributed by atoms with E-state index in [9.17, 15) is 9.59 Å². The van der Waals surface area contributed by atoms with Crippen molar-refractivity contribution in [2.75, 3.05) is 20.2 Å². The molecule has 1 aliphatic heterocycles. The molecule has 5 nitrogen and oxygen atoms in total. The Labute approximate surface area is 112 Å². The summed E-state index contributed by atoms with van der Waals surface area (Å²) in [5.74, 6) is -0.172. The lowest BCUT2D eigenvalue weighted by Gasteiger charge is -2.07. The van der Waals surface area contributed by atoms with Crippen molar-refractivity contribution in [2.45, 2.75) is 54.0 Å². The highest BCUT2D eigenvalue weighted by Crippen LogP contribution is 1.95. The highest BCUT2D eigenvalue weighted by molar-refractivity contribution is 5.73. The summed E-state index contributed by atoms with van der Waals surface area (Å²) in [6, 6.07) is 0.377. The summed E-state index contributed by atoms with van der Waals surface area (Å²) in [5.41, 5.74) is 0. The molecule has 1 atom stereocenters. The van der Waals surface area contributed by atoms with Crippen LogP contribution in [-0.2, 0) is 14.3 Å². The van der Waals surface area contributed by atoms with Gasteiger partial charge in [-0.15, -0.1) is 0 Å². The van der Waals surface area contributed by atoms with Gasteiger partial charge in [-0.25, -0.2) is 0 Å². The number of hydrogen-bond donors (Lipinski definition) is 2. The molecule has 1 unspecified atom stereocenters. The zero-order valence-corrected chi connectivity index (χ0v) is 12.9. The van der Waals surface area contributed by atoms with Crippen LogP contribution < -0.4 is 10.6 Å². The van der Waals surface area contributed by atoms with Crippen LogP contribution in [0.1, 0.15) is 48.0 Å². The fourth-order valence-corrected chi connectivity index (χ4v) is 1.07. The fraction of sp³-hybridized carbons (Fsp3) is 0.846. The van der Waals surface area contributed by atoms with Crippen molar-refractivity contribution in [1.82, 2.24) is 10.6 Å². The maximum Gasteiger partial charge on any atom is 0.302 e. The van der Waals surface area contributed by atoms with E-state index in [0.717, 1.165) is 19.5 Å². The number of amides is 1. The Morgan fingerprint density at radius 2 is 1.61 bits per heavy atom. The van der Waals surface area contributed by atoms with Crippen LogP contribution in [0.3, 0.4) is 0 Å². The summed E-state index contributed by atoms with van der Waals surface area (Å²) >= 11 is 0. The van der Waals surface area contributed by atoms with Crippen molar-refractivity contribution in [1.29, 1.82) is 0 Å². The first-order valence-corrected chi connectivity index (χ1v) is 6.58. The molecule has 1 saturated heterocycles. The number of carbonyl (C=O) groups excluding carboxylic acids is 2. The molecular weight excluding hydrogens is 232 g/mol.